The fraction of sp³-hybridized carbons (Fsp3) is 0.786. The van der Waals surface area contributed by atoms with Crippen molar-refractivity contribution in [2.45, 2.75) is 32.7 Å². The van der Waals surface area contributed by atoms with E-state index < -0.39 is 0 Å². The molecule has 2 fully saturated rings. The minimum Gasteiger partial charge on any atom is -0.378 e. The lowest BCUT2D eigenvalue weighted by atomic mass is 10.2. The molecule has 2 aliphatic rings. The summed E-state index contributed by atoms with van der Waals surface area (Å²) in [5.41, 5.74) is 5.91. The predicted molar refractivity (Wildman–Crippen MR) is 82.5 cm³/mol. The summed E-state index contributed by atoms with van der Waals surface area (Å²) in [6.07, 6.45) is 2.43. The molecule has 0 atom stereocenters. The van der Waals surface area contributed by atoms with Crippen LogP contribution in [0.4, 0.5) is 17.8 Å². The Balaban J connectivity index is 1.84. The number of hydrogen-bond donors (Lipinski definition) is 1. The molecule has 1 saturated carbocycles. The van der Waals surface area contributed by atoms with Crippen molar-refractivity contribution in [3.05, 3.63) is 0 Å². The highest BCUT2D eigenvalue weighted by Crippen LogP contribution is 2.31. The van der Waals surface area contributed by atoms with Gasteiger partial charge in [-0.2, -0.15) is 15.0 Å². The number of morpholine rings is 1. The third kappa shape index (κ3) is 3.53. The number of anilines is 3. The Kier molecular flexibility index (Phi) is 4.10. The second kappa shape index (κ2) is 6.01. The van der Waals surface area contributed by atoms with Gasteiger partial charge in [-0.25, -0.2) is 0 Å². The molecule has 0 unspecified atom stereocenters. The van der Waals surface area contributed by atoms with Gasteiger partial charge in [0.1, 0.15) is 0 Å². The van der Waals surface area contributed by atoms with Crippen LogP contribution in [0.15, 0.2) is 0 Å². The van der Waals surface area contributed by atoms with Crippen LogP contribution in [0.2, 0.25) is 0 Å². The van der Waals surface area contributed by atoms with Gasteiger partial charge in [-0.3, -0.25) is 0 Å². The van der Waals surface area contributed by atoms with Crippen molar-refractivity contribution >= 4 is 17.8 Å². The van der Waals surface area contributed by atoms with E-state index >= 15 is 0 Å². The standard InChI is InChI=1S/C14H24N6O/c1-10(2)9-20(11-3-4-11)14-17-12(15)16-13(18-14)19-5-7-21-8-6-19/h10-11H,3-9H2,1-2H3,(H2,15,16,17,18). The summed E-state index contributed by atoms with van der Waals surface area (Å²) in [6.45, 7) is 8.40. The third-order valence-corrected chi connectivity index (χ3v) is 3.73. The van der Waals surface area contributed by atoms with E-state index in [1.807, 2.05) is 0 Å². The third-order valence-electron chi connectivity index (χ3n) is 3.73. The molecule has 2 heterocycles. The molecular formula is C14H24N6O. The number of aromatic nitrogens is 3. The van der Waals surface area contributed by atoms with Gasteiger partial charge in [0.15, 0.2) is 0 Å². The molecule has 2 N–H and O–H groups in total. The first kappa shape index (κ1) is 14.3. The summed E-state index contributed by atoms with van der Waals surface area (Å²) in [4.78, 5) is 17.7. The quantitative estimate of drug-likeness (QED) is 0.864. The minimum atomic E-state index is 0.302. The van der Waals surface area contributed by atoms with Crippen LogP contribution in [0.25, 0.3) is 0 Å². The molecule has 0 radical (unpaired) electrons. The van der Waals surface area contributed by atoms with E-state index in [9.17, 15) is 0 Å². The molecular weight excluding hydrogens is 268 g/mol. The maximum absolute atomic E-state index is 5.91. The van der Waals surface area contributed by atoms with Gasteiger partial charge in [0, 0.05) is 25.7 Å². The Bertz CT molecular complexity index is 484. The monoisotopic (exact) mass is 292 g/mol. The molecule has 1 aromatic rings. The Morgan fingerprint density at radius 1 is 1.24 bits per heavy atom. The van der Waals surface area contributed by atoms with Crippen LogP contribution in [-0.4, -0.2) is 53.8 Å². The van der Waals surface area contributed by atoms with Crippen molar-refractivity contribution in [3.8, 4) is 0 Å². The molecule has 1 aliphatic heterocycles. The van der Waals surface area contributed by atoms with Crippen LogP contribution < -0.4 is 15.5 Å². The Labute approximate surface area is 125 Å². The van der Waals surface area contributed by atoms with Crippen LogP contribution in [-0.2, 0) is 4.74 Å². The molecule has 3 rings (SSSR count). The van der Waals surface area contributed by atoms with E-state index in [4.69, 9.17) is 10.5 Å². The zero-order valence-corrected chi connectivity index (χ0v) is 12.8. The van der Waals surface area contributed by atoms with Crippen molar-refractivity contribution in [2.75, 3.05) is 48.4 Å². The van der Waals surface area contributed by atoms with Crippen LogP contribution >= 0.6 is 0 Å². The number of rotatable bonds is 5. The fourth-order valence-corrected chi connectivity index (χ4v) is 2.58. The number of ether oxygens (including phenoxy) is 1. The van der Waals surface area contributed by atoms with Gasteiger partial charge in [0.25, 0.3) is 0 Å². The first-order chi connectivity index (χ1) is 10.1. The van der Waals surface area contributed by atoms with Crippen LogP contribution in [0.3, 0.4) is 0 Å². The van der Waals surface area contributed by atoms with E-state index in [2.05, 4.69) is 38.6 Å². The van der Waals surface area contributed by atoms with Gasteiger partial charge in [-0.1, -0.05) is 13.8 Å². The molecule has 0 bridgehead atoms. The largest absolute Gasteiger partial charge is 0.378 e. The zero-order valence-electron chi connectivity index (χ0n) is 12.8. The molecule has 1 aromatic heterocycles. The lowest BCUT2D eigenvalue weighted by molar-refractivity contribution is 0.122. The van der Waals surface area contributed by atoms with Gasteiger partial charge in [-0.15, -0.1) is 0 Å². The summed E-state index contributed by atoms with van der Waals surface area (Å²) in [7, 11) is 0. The first-order valence-electron chi connectivity index (χ1n) is 7.74. The van der Waals surface area contributed by atoms with E-state index in [0.717, 1.165) is 25.6 Å². The maximum atomic E-state index is 5.91. The van der Waals surface area contributed by atoms with Crippen LogP contribution in [0.5, 0.6) is 0 Å². The van der Waals surface area contributed by atoms with Gasteiger partial charge < -0.3 is 20.3 Å². The molecule has 1 saturated heterocycles. The van der Waals surface area contributed by atoms with Crippen LogP contribution in [0.1, 0.15) is 26.7 Å². The van der Waals surface area contributed by atoms with E-state index in [-0.39, 0.29) is 0 Å². The van der Waals surface area contributed by atoms with Gasteiger partial charge in [-0.05, 0) is 18.8 Å². The smallest absolute Gasteiger partial charge is 0.232 e. The fourth-order valence-electron chi connectivity index (χ4n) is 2.58. The summed E-state index contributed by atoms with van der Waals surface area (Å²) >= 11 is 0. The summed E-state index contributed by atoms with van der Waals surface area (Å²) < 4.78 is 5.38. The number of hydrogen-bond acceptors (Lipinski definition) is 7. The Hall–Kier alpha value is -1.63. The Morgan fingerprint density at radius 2 is 1.95 bits per heavy atom. The number of nitrogens with two attached hydrogens (primary N) is 1. The Morgan fingerprint density at radius 3 is 2.57 bits per heavy atom. The van der Waals surface area contributed by atoms with E-state index in [1.54, 1.807) is 0 Å². The topological polar surface area (TPSA) is 80.4 Å². The molecule has 0 amide bonds. The number of nitrogen functional groups attached to an aromatic ring is 1. The molecule has 0 spiro atoms. The van der Waals surface area contributed by atoms with Crippen molar-refractivity contribution in [2.24, 2.45) is 5.92 Å². The highest BCUT2D eigenvalue weighted by molar-refractivity contribution is 5.45. The summed E-state index contributed by atoms with van der Waals surface area (Å²) in [5.74, 6) is 2.27. The molecule has 7 nitrogen and oxygen atoms in total. The zero-order chi connectivity index (χ0) is 14.8. The summed E-state index contributed by atoms with van der Waals surface area (Å²) in [5, 5.41) is 0. The van der Waals surface area contributed by atoms with Crippen LogP contribution in [0, 0.1) is 5.92 Å². The molecule has 21 heavy (non-hydrogen) atoms. The van der Waals surface area contributed by atoms with Crippen molar-refractivity contribution in [1.29, 1.82) is 0 Å². The van der Waals surface area contributed by atoms with Crippen molar-refractivity contribution in [1.82, 2.24) is 15.0 Å². The SMILES string of the molecule is CC(C)CN(c1nc(N)nc(N2CCOCC2)n1)C1CC1. The molecule has 116 valence electrons. The van der Waals surface area contributed by atoms with Gasteiger partial charge in [0.05, 0.1) is 13.2 Å². The van der Waals surface area contributed by atoms with Gasteiger partial charge >= 0.3 is 0 Å². The molecule has 1 aliphatic carbocycles. The van der Waals surface area contributed by atoms with Crippen molar-refractivity contribution in [3.63, 3.8) is 0 Å². The van der Waals surface area contributed by atoms with E-state index in [1.165, 1.54) is 12.8 Å². The average molecular weight is 292 g/mol. The lowest BCUT2D eigenvalue weighted by Gasteiger charge is -2.29. The maximum Gasteiger partial charge on any atom is 0.232 e. The second-order valence-electron chi connectivity index (χ2n) is 6.17. The highest BCUT2D eigenvalue weighted by Gasteiger charge is 2.32. The predicted octanol–water partition coefficient (Wildman–Crippen LogP) is 0.915. The van der Waals surface area contributed by atoms with E-state index in [0.29, 0.717) is 37.1 Å². The molecule has 0 aromatic carbocycles. The average Bonchev–Trinajstić information content (AvgIpc) is 3.29. The number of nitrogens with zero attached hydrogens (tertiary/aromatic N) is 5. The summed E-state index contributed by atoms with van der Waals surface area (Å²) in [6, 6.07) is 0.562. The normalized spacial score (nSPS) is 19.1. The minimum absolute atomic E-state index is 0.302. The highest BCUT2D eigenvalue weighted by atomic mass is 16.5. The first-order valence-corrected chi connectivity index (χ1v) is 7.74. The second-order valence-corrected chi connectivity index (χ2v) is 6.17. The van der Waals surface area contributed by atoms with Gasteiger partial charge in [0.2, 0.25) is 17.8 Å². The lowest BCUT2D eigenvalue weighted by Crippen LogP contribution is -2.38. The van der Waals surface area contributed by atoms with Crippen molar-refractivity contribution < 1.29 is 4.74 Å². The molecule has 7 heteroatoms.